The van der Waals surface area contributed by atoms with Crippen LogP contribution >= 0.6 is 0 Å². The Bertz CT molecular complexity index is 2060. The number of hydrogen-bond donors (Lipinski definition) is 1. The Morgan fingerprint density at radius 3 is 2.00 bits per heavy atom. The van der Waals surface area contributed by atoms with E-state index in [0.717, 1.165) is 17.7 Å². The van der Waals surface area contributed by atoms with Gasteiger partial charge in [-0.3, -0.25) is 0 Å². The van der Waals surface area contributed by atoms with Gasteiger partial charge in [-0.15, -0.1) is 0 Å². The molecule has 1 aromatic heterocycles. The molecule has 0 radical (unpaired) electrons. The van der Waals surface area contributed by atoms with Crippen molar-refractivity contribution in [1.29, 1.82) is 0 Å². The molecule has 0 aliphatic heterocycles. The van der Waals surface area contributed by atoms with Crippen molar-refractivity contribution in [3.05, 3.63) is 150 Å². The van der Waals surface area contributed by atoms with Gasteiger partial charge >= 0.3 is 0 Å². The smallest absolute Gasteiger partial charge is 0.0541 e. The lowest BCUT2D eigenvalue weighted by Gasteiger charge is -2.10. The van der Waals surface area contributed by atoms with E-state index in [0.29, 0.717) is 0 Å². The summed E-state index contributed by atoms with van der Waals surface area (Å²) in [5.41, 5.74) is 18.4. The van der Waals surface area contributed by atoms with Crippen LogP contribution in [0, 0.1) is 0 Å². The number of aromatic nitrogens is 1. The summed E-state index contributed by atoms with van der Waals surface area (Å²) in [5.74, 6) is 0. The maximum atomic E-state index is 6.47. The molecule has 39 heavy (non-hydrogen) atoms. The van der Waals surface area contributed by atoms with Crippen molar-refractivity contribution in [3.63, 3.8) is 0 Å². The second-order valence-electron chi connectivity index (χ2n) is 10.4. The number of nitrogens with two attached hydrogens (primary N) is 1. The molecule has 0 atom stereocenters. The summed E-state index contributed by atoms with van der Waals surface area (Å²) in [6.45, 7) is 0. The van der Waals surface area contributed by atoms with E-state index in [1.807, 2.05) is 12.1 Å². The quantitative estimate of drug-likeness (QED) is 0.242. The van der Waals surface area contributed by atoms with E-state index in [4.69, 9.17) is 5.73 Å². The van der Waals surface area contributed by atoms with E-state index in [9.17, 15) is 0 Å². The van der Waals surface area contributed by atoms with Gasteiger partial charge in [-0.1, -0.05) is 103 Å². The molecule has 0 saturated carbocycles. The summed E-state index contributed by atoms with van der Waals surface area (Å²) in [6, 6.07) is 45.8. The fourth-order valence-corrected chi connectivity index (χ4v) is 6.36. The van der Waals surface area contributed by atoms with Crippen molar-refractivity contribution in [2.75, 3.05) is 5.73 Å². The van der Waals surface area contributed by atoms with Crippen molar-refractivity contribution in [2.45, 2.75) is 6.42 Å². The first-order valence-electron chi connectivity index (χ1n) is 13.5. The number of para-hydroxylation sites is 2. The summed E-state index contributed by atoms with van der Waals surface area (Å²) in [5, 5.41) is 5.06. The Labute approximate surface area is 227 Å². The second-order valence-corrected chi connectivity index (χ2v) is 10.4. The predicted octanol–water partition coefficient (Wildman–Crippen LogP) is 9.17. The summed E-state index contributed by atoms with van der Waals surface area (Å²) >= 11 is 0. The normalized spacial score (nSPS) is 13.4. The van der Waals surface area contributed by atoms with Gasteiger partial charge in [0.25, 0.3) is 0 Å². The predicted molar refractivity (Wildman–Crippen MR) is 165 cm³/mol. The number of rotatable bonds is 3. The standard InChI is InChI=1S/C37H26N2/c38-34-13-7-12-32-28-8-1-2-9-29(28)33(37(32)34)21-17-24-16-18-26-23-27(20-19-25(26)22-24)39-35-14-5-3-10-30(35)31-11-4-6-15-36(31)39/h1-16,18-23H,17,38H2/b33-21-. The fraction of sp³-hybridized carbons (Fsp3) is 0.0270. The minimum atomic E-state index is 0.839. The molecule has 1 aliphatic rings. The number of nitrogen functional groups attached to an aromatic ring is 1. The minimum absolute atomic E-state index is 0.839. The van der Waals surface area contributed by atoms with Crippen molar-refractivity contribution < 1.29 is 0 Å². The van der Waals surface area contributed by atoms with Crippen LogP contribution in [-0.2, 0) is 6.42 Å². The zero-order chi connectivity index (χ0) is 25.9. The second kappa shape index (κ2) is 8.47. The lowest BCUT2D eigenvalue weighted by molar-refractivity contribution is 1.18. The lowest BCUT2D eigenvalue weighted by Crippen LogP contribution is -1.94. The molecule has 0 bridgehead atoms. The molecule has 2 nitrogen and oxygen atoms in total. The lowest BCUT2D eigenvalue weighted by atomic mass is 9.98. The first-order valence-corrected chi connectivity index (χ1v) is 13.5. The SMILES string of the molecule is Nc1cccc2c1/C(=C\Cc1ccc3cc(-n4c5ccccc5c5ccccc54)ccc3c1)c1ccccc1-2. The molecule has 1 aliphatic carbocycles. The Kier molecular flexibility index (Phi) is 4.77. The van der Waals surface area contributed by atoms with E-state index in [1.165, 1.54) is 66.1 Å². The van der Waals surface area contributed by atoms with Gasteiger partial charge in [0.05, 0.1) is 11.0 Å². The van der Waals surface area contributed by atoms with Gasteiger partial charge in [0.2, 0.25) is 0 Å². The average molecular weight is 499 g/mol. The van der Waals surface area contributed by atoms with E-state index >= 15 is 0 Å². The maximum absolute atomic E-state index is 6.47. The third-order valence-corrected chi connectivity index (χ3v) is 8.14. The van der Waals surface area contributed by atoms with E-state index in [1.54, 1.807) is 0 Å². The number of allylic oxidation sites excluding steroid dienone is 1. The minimum Gasteiger partial charge on any atom is -0.398 e. The highest BCUT2D eigenvalue weighted by molar-refractivity contribution is 6.09. The van der Waals surface area contributed by atoms with Crippen LogP contribution in [0.5, 0.6) is 0 Å². The van der Waals surface area contributed by atoms with Crippen molar-refractivity contribution in [2.24, 2.45) is 0 Å². The first-order chi connectivity index (χ1) is 19.3. The number of hydrogen-bond acceptors (Lipinski definition) is 1. The van der Waals surface area contributed by atoms with Gasteiger partial charge in [-0.2, -0.15) is 0 Å². The van der Waals surface area contributed by atoms with Crippen LogP contribution in [0.15, 0.2) is 133 Å². The molecule has 0 unspecified atom stereocenters. The van der Waals surface area contributed by atoms with Crippen molar-refractivity contribution >= 4 is 43.8 Å². The summed E-state index contributed by atoms with van der Waals surface area (Å²) in [4.78, 5) is 0. The molecule has 184 valence electrons. The monoisotopic (exact) mass is 498 g/mol. The van der Waals surface area contributed by atoms with Crippen molar-refractivity contribution in [3.8, 4) is 16.8 Å². The molecule has 6 aromatic carbocycles. The van der Waals surface area contributed by atoms with Gasteiger partial charge in [-0.25, -0.2) is 0 Å². The molecule has 2 heteroatoms. The number of nitrogens with zero attached hydrogens (tertiary/aromatic N) is 1. The van der Waals surface area contributed by atoms with Crippen LogP contribution in [0.2, 0.25) is 0 Å². The van der Waals surface area contributed by atoms with Crippen LogP contribution in [0.25, 0.3) is 55.0 Å². The zero-order valence-corrected chi connectivity index (χ0v) is 21.4. The highest BCUT2D eigenvalue weighted by Gasteiger charge is 2.24. The summed E-state index contributed by atoms with van der Waals surface area (Å²) in [7, 11) is 0. The van der Waals surface area contributed by atoms with Crippen LogP contribution in [0.1, 0.15) is 16.7 Å². The van der Waals surface area contributed by atoms with Gasteiger partial charge in [0.1, 0.15) is 0 Å². The third-order valence-electron chi connectivity index (χ3n) is 8.14. The van der Waals surface area contributed by atoms with Crippen LogP contribution in [0.4, 0.5) is 5.69 Å². The zero-order valence-electron chi connectivity index (χ0n) is 21.4. The Morgan fingerprint density at radius 1 is 0.564 bits per heavy atom. The number of anilines is 1. The van der Waals surface area contributed by atoms with E-state index in [-0.39, 0.29) is 0 Å². The van der Waals surface area contributed by atoms with Crippen LogP contribution < -0.4 is 5.73 Å². The Hall–Kier alpha value is -5.08. The molecule has 2 N–H and O–H groups in total. The average Bonchev–Trinajstić information content (AvgIpc) is 3.49. The maximum Gasteiger partial charge on any atom is 0.0541 e. The molecule has 0 saturated heterocycles. The first kappa shape index (κ1) is 22.0. The number of benzene rings is 6. The highest BCUT2D eigenvalue weighted by Crippen LogP contribution is 2.46. The highest BCUT2D eigenvalue weighted by atomic mass is 15.0. The topological polar surface area (TPSA) is 30.9 Å². The molecule has 0 spiro atoms. The van der Waals surface area contributed by atoms with E-state index < -0.39 is 0 Å². The van der Waals surface area contributed by atoms with Crippen molar-refractivity contribution in [1.82, 2.24) is 4.57 Å². The molecule has 0 amide bonds. The third kappa shape index (κ3) is 3.35. The van der Waals surface area contributed by atoms with Gasteiger partial charge in [0, 0.05) is 27.7 Å². The van der Waals surface area contributed by atoms with Crippen LogP contribution in [0.3, 0.4) is 0 Å². The fourth-order valence-electron chi connectivity index (χ4n) is 6.36. The van der Waals surface area contributed by atoms with Crippen LogP contribution in [-0.4, -0.2) is 4.57 Å². The summed E-state index contributed by atoms with van der Waals surface area (Å²) in [6.07, 6.45) is 3.19. The largest absolute Gasteiger partial charge is 0.398 e. The number of fused-ring (bicyclic) bond motifs is 7. The van der Waals surface area contributed by atoms with E-state index in [2.05, 4.69) is 126 Å². The molecule has 7 aromatic rings. The van der Waals surface area contributed by atoms with Gasteiger partial charge < -0.3 is 10.3 Å². The Morgan fingerprint density at radius 2 is 1.21 bits per heavy atom. The summed E-state index contributed by atoms with van der Waals surface area (Å²) < 4.78 is 2.38. The molecule has 1 heterocycles. The van der Waals surface area contributed by atoms with Gasteiger partial charge in [0.15, 0.2) is 0 Å². The molecular weight excluding hydrogens is 472 g/mol. The molecular formula is C37H26N2. The Balaban J connectivity index is 1.19. The molecule has 8 rings (SSSR count). The molecule has 0 fully saturated rings. The van der Waals surface area contributed by atoms with Gasteiger partial charge in [-0.05, 0) is 75.4 Å².